The molecule has 9 heteroatoms. The van der Waals surface area contributed by atoms with Gasteiger partial charge >= 0.3 is 0 Å². The van der Waals surface area contributed by atoms with Crippen LogP contribution in [0.5, 0.6) is 5.75 Å². The van der Waals surface area contributed by atoms with Crippen molar-refractivity contribution in [3.8, 4) is 5.75 Å². The Kier molecular flexibility index (Phi) is 5.03. The second kappa shape index (κ2) is 7.48. The first-order chi connectivity index (χ1) is 13.5. The molecule has 1 fully saturated rings. The summed E-state index contributed by atoms with van der Waals surface area (Å²) in [4.78, 5) is 32.8. The molecule has 1 N–H and O–H groups in total. The van der Waals surface area contributed by atoms with Crippen LogP contribution in [-0.4, -0.2) is 51.0 Å². The fourth-order valence-electron chi connectivity index (χ4n) is 3.25. The Bertz CT molecular complexity index is 1060. The zero-order chi connectivity index (χ0) is 19.8. The molecule has 1 saturated heterocycles. The summed E-state index contributed by atoms with van der Waals surface area (Å²) in [6.45, 7) is 1.93. The summed E-state index contributed by atoms with van der Waals surface area (Å²) in [5.41, 5.74) is 1.46. The lowest BCUT2D eigenvalue weighted by Gasteiger charge is -2.22. The molecule has 2 aromatic heterocycles. The lowest BCUT2D eigenvalue weighted by Crippen LogP contribution is -2.45. The number of nitrogens with zero attached hydrogens (tertiary/aromatic N) is 3. The van der Waals surface area contributed by atoms with Gasteiger partial charge < -0.3 is 19.5 Å². The number of hydrogen-bond acceptors (Lipinski definition) is 6. The van der Waals surface area contributed by atoms with Crippen molar-refractivity contribution in [1.82, 2.24) is 14.5 Å². The number of anilines is 1. The maximum Gasteiger partial charge on any atom is 0.271 e. The van der Waals surface area contributed by atoms with E-state index in [0.717, 1.165) is 21.5 Å². The van der Waals surface area contributed by atoms with Crippen LogP contribution in [-0.2, 0) is 11.8 Å². The molecular formula is C19H20N4O3S2. The van der Waals surface area contributed by atoms with Gasteiger partial charge in [0.1, 0.15) is 17.5 Å². The molecular weight excluding hydrogens is 396 g/mol. The number of rotatable bonds is 4. The monoisotopic (exact) mass is 416 g/mol. The van der Waals surface area contributed by atoms with E-state index in [2.05, 4.69) is 10.3 Å². The van der Waals surface area contributed by atoms with Gasteiger partial charge in [0.25, 0.3) is 5.91 Å². The van der Waals surface area contributed by atoms with E-state index in [0.29, 0.717) is 22.5 Å². The van der Waals surface area contributed by atoms with Crippen LogP contribution >= 0.6 is 23.1 Å². The largest absolute Gasteiger partial charge is 0.497 e. The highest BCUT2D eigenvalue weighted by Gasteiger charge is 2.36. The normalized spacial score (nSPS) is 16.5. The molecule has 3 aromatic rings. The maximum absolute atomic E-state index is 13.2. The fraction of sp³-hybridized carbons (Fsp3) is 0.316. The second-order valence-corrected chi connectivity index (χ2v) is 8.80. The van der Waals surface area contributed by atoms with Crippen molar-refractivity contribution in [2.24, 2.45) is 7.05 Å². The van der Waals surface area contributed by atoms with Gasteiger partial charge in [0.2, 0.25) is 5.91 Å². The number of thioether (sulfide) groups is 1. The smallest absolute Gasteiger partial charge is 0.271 e. The van der Waals surface area contributed by atoms with Gasteiger partial charge in [-0.05, 0) is 25.1 Å². The molecule has 0 spiro atoms. The molecule has 3 heterocycles. The van der Waals surface area contributed by atoms with Crippen molar-refractivity contribution in [1.29, 1.82) is 0 Å². The van der Waals surface area contributed by atoms with Gasteiger partial charge in [-0.3, -0.25) is 9.59 Å². The van der Waals surface area contributed by atoms with E-state index in [1.807, 2.05) is 42.8 Å². The number of aromatic nitrogens is 2. The molecule has 1 aliphatic heterocycles. The lowest BCUT2D eigenvalue weighted by atomic mass is 10.2. The molecule has 4 rings (SSSR count). The van der Waals surface area contributed by atoms with Crippen LogP contribution in [0.3, 0.4) is 0 Å². The molecule has 0 saturated carbocycles. The van der Waals surface area contributed by atoms with E-state index in [4.69, 9.17) is 4.74 Å². The van der Waals surface area contributed by atoms with Crippen LogP contribution in [0.4, 0.5) is 5.13 Å². The molecule has 1 aliphatic rings. The van der Waals surface area contributed by atoms with E-state index in [1.165, 1.54) is 11.3 Å². The van der Waals surface area contributed by atoms with Gasteiger partial charge in [0.15, 0.2) is 5.13 Å². The van der Waals surface area contributed by atoms with Crippen LogP contribution in [0.2, 0.25) is 0 Å². The van der Waals surface area contributed by atoms with Crippen LogP contribution < -0.4 is 10.1 Å². The van der Waals surface area contributed by atoms with E-state index in [-0.39, 0.29) is 11.8 Å². The molecule has 0 aliphatic carbocycles. The van der Waals surface area contributed by atoms with Gasteiger partial charge in [0.05, 0.1) is 18.5 Å². The number of thiazole rings is 1. The quantitative estimate of drug-likeness (QED) is 0.707. The maximum atomic E-state index is 13.2. The molecule has 1 aromatic carbocycles. The predicted octanol–water partition coefficient (Wildman–Crippen LogP) is 3.11. The summed E-state index contributed by atoms with van der Waals surface area (Å²) in [5, 5.41) is 4.35. The Morgan fingerprint density at radius 3 is 2.86 bits per heavy atom. The third-order valence-corrected chi connectivity index (χ3v) is 6.61. The van der Waals surface area contributed by atoms with Gasteiger partial charge in [-0.25, -0.2) is 4.98 Å². The summed E-state index contributed by atoms with van der Waals surface area (Å²) in [7, 11) is 3.47. The van der Waals surface area contributed by atoms with Crippen LogP contribution in [0.25, 0.3) is 10.9 Å². The van der Waals surface area contributed by atoms with Crippen molar-refractivity contribution >= 4 is 50.9 Å². The van der Waals surface area contributed by atoms with Crippen molar-refractivity contribution in [3.63, 3.8) is 0 Å². The van der Waals surface area contributed by atoms with Crippen LogP contribution in [0.15, 0.2) is 30.5 Å². The number of fused-ring (bicyclic) bond motifs is 1. The van der Waals surface area contributed by atoms with Crippen molar-refractivity contribution in [3.05, 3.63) is 41.0 Å². The Labute approximate surface area is 170 Å². The summed E-state index contributed by atoms with van der Waals surface area (Å²) in [5.74, 6) is 1.44. The molecule has 1 atom stereocenters. The number of carbonyl (C=O) groups is 2. The highest BCUT2D eigenvalue weighted by atomic mass is 32.2. The predicted molar refractivity (Wildman–Crippen MR) is 112 cm³/mol. The van der Waals surface area contributed by atoms with E-state index < -0.39 is 6.04 Å². The first-order valence-electron chi connectivity index (χ1n) is 8.73. The highest BCUT2D eigenvalue weighted by molar-refractivity contribution is 7.99. The number of aryl methyl sites for hydroxylation is 2. The highest BCUT2D eigenvalue weighted by Crippen LogP contribution is 2.28. The van der Waals surface area contributed by atoms with Gasteiger partial charge in [0, 0.05) is 35.3 Å². The van der Waals surface area contributed by atoms with E-state index in [1.54, 1.807) is 30.0 Å². The number of ether oxygens (including phenoxy) is 1. The average Bonchev–Trinajstić information content (AvgIpc) is 3.40. The standard InChI is InChI=1S/C19H20N4O3S2/c1-11-8-20-19(28-11)21-17(24)16-9-27-10-23(16)18(25)15-6-12-4-5-13(26-3)7-14(12)22(15)2/h4-8,16H,9-10H2,1-3H3,(H,20,21,24). The molecule has 2 amide bonds. The van der Waals surface area contributed by atoms with Crippen LogP contribution in [0.1, 0.15) is 15.4 Å². The van der Waals surface area contributed by atoms with Crippen molar-refractivity contribution < 1.29 is 14.3 Å². The second-order valence-electron chi connectivity index (χ2n) is 6.57. The molecule has 7 nitrogen and oxygen atoms in total. The lowest BCUT2D eigenvalue weighted by molar-refractivity contribution is -0.119. The summed E-state index contributed by atoms with van der Waals surface area (Å²) < 4.78 is 7.13. The number of benzene rings is 1. The fourth-order valence-corrected chi connectivity index (χ4v) is 5.07. The third kappa shape index (κ3) is 3.35. The first-order valence-corrected chi connectivity index (χ1v) is 10.7. The molecule has 1 unspecified atom stereocenters. The topological polar surface area (TPSA) is 76.5 Å². The van der Waals surface area contributed by atoms with Crippen LogP contribution in [0, 0.1) is 6.92 Å². The van der Waals surface area contributed by atoms with E-state index >= 15 is 0 Å². The zero-order valence-electron chi connectivity index (χ0n) is 15.8. The number of nitrogens with one attached hydrogen (secondary N) is 1. The van der Waals surface area contributed by atoms with Gasteiger partial charge in [-0.15, -0.1) is 23.1 Å². The SMILES string of the molecule is COc1ccc2cc(C(=O)N3CSCC3C(=O)Nc3ncc(C)s3)n(C)c2c1. The minimum absolute atomic E-state index is 0.155. The molecule has 146 valence electrons. The minimum atomic E-state index is -0.519. The van der Waals surface area contributed by atoms with Crippen molar-refractivity contribution in [2.45, 2.75) is 13.0 Å². The number of amides is 2. The molecule has 0 bridgehead atoms. The minimum Gasteiger partial charge on any atom is -0.497 e. The Morgan fingerprint density at radius 1 is 1.32 bits per heavy atom. The number of carbonyl (C=O) groups excluding carboxylic acids is 2. The van der Waals surface area contributed by atoms with Crippen molar-refractivity contribution in [2.75, 3.05) is 24.1 Å². The summed E-state index contributed by atoms with van der Waals surface area (Å²) in [6, 6.07) is 7.04. The number of methoxy groups -OCH3 is 1. The number of hydrogen-bond donors (Lipinski definition) is 1. The third-order valence-electron chi connectivity index (χ3n) is 4.77. The first kappa shape index (κ1) is 18.8. The average molecular weight is 417 g/mol. The Balaban J connectivity index is 1.59. The summed E-state index contributed by atoms with van der Waals surface area (Å²) in [6.07, 6.45) is 1.72. The van der Waals surface area contributed by atoms with E-state index in [9.17, 15) is 9.59 Å². The Morgan fingerprint density at radius 2 is 2.14 bits per heavy atom. The molecule has 0 radical (unpaired) electrons. The molecule has 28 heavy (non-hydrogen) atoms. The summed E-state index contributed by atoms with van der Waals surface area (Å²) >= 11 is 2.99. The zero-order valence-corrected chi connectivity index (χ0v) is 17.4. The van der Waals surface area contributed by atoms with Gasteiger partial charge in [-0.2, -0.15) is 0 Å². The Hall–Kier alpha value is -2.52. The van der Waals surface area contributed by atoms with Gasteiger partial charge in [-0.1, -0.05) is 0 Å².